The van der Waals surface area contributed by atoms with Gasteiger partial charge >= 0.3 is 0 Å². The maximum atomic E-state index is 12.3. The molecule has 1 amide bonds. The summed E-state index contributed by atoms with van der Waals surface area (Å²) >= 11 is 7.37. The lowest BCUT2D eigenvalue weighted by Gasteiger charge is -2.11. The van der Waals surface area contributed by atoms with E-state index in [9.17, 15) is 4.79 Å². The highest BCUT2D eigenvalue weighted by Gasteiger charge is 2.16. The summed E-state index contributed by atoms with van der Waals surface area (Å²) in [5.41, 5.74) is 2.69. The Morgan fingerprint density at radius 2 is 1.80 bits per heavy atom. The molecule has 4 rings (SSSR count). The Kier molecular flexibility index (Phi) is 6.41. The topological polar surface area (TPSA) is 72.7 Å². The summed E-state index contributed by atoms with van der Waals surface area (Å²) < 4.78 is 2.01. The van der Waals surface area contributed by atoms with Crippen molar-refractivity contribution < 1.29 is 4.79 Å². The standard InChI is InChI=1S/C22H18ClN5OS/c23-18-10-8-17(9-11-18)21-26-27-22(28(21)14-16-5-2-1-3-6-16)30-15-20(29)25-19-7-4-12-24-13-19/h1-13H,14-15H2,(H,25,29). The second-order valence-corrected chi connectivity index (χ2v) is 7.84. The number of hydrogen-bond acceptors (Lipinski definition) is 5. The van der Waals surface area contributed by atoms with Crippen molar-refractivity contribution in [2.75, 3.05) is 11.1 Å². The van der Waals surface area contributed by atoms with Gasteiger partial charge < -0.3 is 5.32 Å². The average Bonchev–Trinajstić information content (AvgIpc) is 3.16. The number of carbonyl (C=O) groups is 1. The number of carbonyl (C=O) groups excluding carboxylic acids is 1. The minimum Gasteiger partial charge on any atom is -0.324 e. The summed E-state index contributed by atoms with van der Waals surface area (Å²) in [7, 11) is 0. The van der Waals surface area contributed by atoms with Gasteiger partial charge in [0.05, 0.1) is 24.2 Å². The van der Waals surface area contributed by atoms with Gasteiger partial charge in [-0.25, -0.2) is 0 Å². The zero-order valence-corrected chi connectivity index (χ0v) is 17.5. The van der Waals surface area contributed by atoms with Crippen molar-refractivity contribution in [3.8, 4) is 11.4 Å². The second-order valence-electron chi connectivity index (χ2n) is 6.46. The molecule has 0 aliphatic rings. The van der Waals surface area contributed by atoms with Gasteiger partial charge in [0, 0.05) is 16.8 Å². The summed E-state index contributed by atoms with van der Waals surface area (Å²) in [6.45, 7) is 0.596. The average molecular weight is 436 g/mol. The Bertz CT molecular complexity index is 1120. The molecular formula is C22H18ClN5OS. The number of thioether (sulfide) groups is 1. The molecule has 0 saturated carbocycles. The fraction of sp³-hybridized carbons (Fsp3) is 0.0909. The molecule has 0 aliphatic heterocycles. The number of amides is 1. The summed E-state index contributed by atoms with van der Waals surface area (Å²) in [5, 5.41) is 12.9. The van der Waals surface area contributed by atoms with E-state index < -0.39 is 0 Å². The van der Waals surface area contributed by atoms with E-state index in [1.807, 2.05) is 47.0 Å². The SMILES string of the molecule is O=C(CSc1nnc(-c2ccc(Cl)cc2)n1Cc1ccccc1)Nc1cccnc1. The van der Waals surface area contributed by atoms with Crippen LogP contribution in [0.2, 0.25) is 5.02 Å². The number of aromatic nitrogens is 4. The molecule has 0 aliphatic carbocycles. The lowest BCUT2D eigenvalue weighted by Crippen LogP contribution is -2.15. The fourth-order valence-electron chi connectivity index (χ4n) is 2.88. The highest BCUT2D eigenvalue weighted by atomic mass is 35.5. The van der Waals surface area contributed by atoms with E-state index in [4.69, 9.17) is 11.6 Å². The van der Waals surface area contributed by atoms with Crippen LogP contribution >= 0.6 is 23.4 Å². The quantitative estimate of drug-likeness (QED) is 0.423. The van der Waals surface area contributed by atoms with Crippen LogP contribution in [-0.2, 0) is 11.3 Å². The van der Waals surface area contributed by atoms with Gasteiger partial charge in [0.25, 0.3) is 0 Å². The van der Waals surface area contributed by atoms with Crippen molar-refractivity contribution in [3.63, 3.8) is 0 Å². The Balaban J connectivity index is 1.55. The van der Waals surface area contributed by atoms with Crippen LogP contribution in [0.1, 0.15) is 5.56 Å². The first-order valence-electron chi connectivity index (χ1n) is 9.25. The van der Waals surface area contributed by atoms with E-state index in [0.717, 1.165) is 17.0 Å². The molecule has 2 aromatic heterocycles. The number of anilines is 1. The number of benzene rings is 2. The lowest BCUT2D eigenvalue weighted by atomic mass is 10.2. The lowest BCUT2D eigenvalue weighted by molar-refractivity contribution is -0.113. The van der Waals surface area contributed by atoms with Crippen LogP contribution in [0.5, 0.6) is 0 Å². The van der Waals surface area contributed by atoms with Crippen LogP contribution in [0.25, 0.3) is 11.4 Å². The van der Waals surface area contributed by atoms with Crippen molar-refractivity contribution in [1.82, 2.24) is 19.7 Å². The van der Waals surface area contributed by atoms with Gasteiger partial charge in [-0.05, 0) is 42.0 Å². The molecule has 4 aromatic rings. The van der Waals surface area contributed by atoms with Crippen molar-refractivity contribution in [1.29, 1.82) is 0 Å². The van der Waals surface area contributed by atoms with Gasteiger partial charge in [0.15, 0.2) is 11.0 Å². The van der Waals surface area contributed by atoms with Gasteiger partial charge in [-0.2, -0.15) is 0 Å². The highest BCUT2D eigenvalue weighted by Crippen LogP contribution is 2.26. The van der Waals surface area contributed by atoms with Crippen molar-refractivity contribution in [2.24, 2.45) is 0 Å². The normalized spacial score (nSPS) is 10.7. The molecule has 0 atom stereocenters. The van der Waals surface area contributed by atoms with Crippen LogP contribution in [0, 0.1) is 0 Å². The monoisotopic (exact) mass is 435 g/mol. The summed E-state index contributed by atoms with van der Waals surface area (Å²) in [5.74, 6) is 0.809. The van der Waals surface area contributed by atoms with E-state index in [-0.39, 0.29) is 11.7 Å². The van der Waals surface area contributed by atoms with Gasteiger partial charge in [0.1, 0.15) is 0 Å². The molecular weight excluding hydrogens is 418 g/mol. The summed E-state index contributed by atoms with van der Waals surface area (Å²) in [6.07, 6.45) is 3.27. The maximum absolute atomic E-state index is 12.3. The first kappa shape index (κ1) is 20.1. The second kappa shape index (κ2) is 9.56. The maximum Gasteiger partial charge on any atom is 0.234 e. The number of nitrogens with one attached hydrogen (secondary N) is 1. The van der Waals surface area contributed by atoms with Gasteiger partial charge in [-0.15, -0.1) is 10.2 Å². The smallest absolute Gasteiger partial charge is 0.234 e. The van der Waals surface area contributed by atoms with Crippen LogP contribution in [0.3, 0.4) is 0 Å². The fourth-order valence-corrected chi connectivity index (χ4v) is 3.74. The molecule has 2 aromatic carbocycles. The van der Waals surface area contributed by atoms with Crippen LogP contribution in [0.4, 0.5) is 5.69 Å². The molecule has 2 heterocycles. The molecule has 0 unspecified atom stereocenters. The van der Waals surface area contributed by atoms with Crippen LogP contribution in [-0.4, -0.2) is 31.4 Å². The van der Waals surface area contributed by atoms with Crippen LogP contribution < -0.4 is 5.32 Å². The first-order valence-corrected chi connectivity index (χ1v) is 10.6. The van der Waals surface area contributed by atoms with E-state index in [0.29, 0.717) is 22.4 Å². The predicted octanol–water partition coefficient (Wildman–Crippen LogP) is 4.77. The largest absolute Gasteiger partial charge is 0.324 e. The Morgan fingerprint density at radius 1 is 1.00 bits per heavy atom. The van der Waals surface area contributed by atoms with Crippen molar-refractivity contribution in [2.45, 2.75) is 11.7 Å². The van der Waals surface area contributed by atoms with E-state index in [1.54, 1.807) is 24.5 Å². The molecule has 150 valence electrons. The third-order valence-corrected chi connectivity index (χ3v) is 5.50. The number of nitrogens with zero attached hydrogens (tertiary/aromatic N) is 4. The van der Waals surface area contributed by atoms with Crippen molar-refractivity contribution in [3.05, 3.63) is 89.7 Å². The third kappa shape index (κ3) is 5.06. The molecule has 0 saturated heterocycles. The number of hydrogen-bond donors (Lipinski definition) is 1. The first-order chi connectivity index (χ1) is 14.7. The molecule has 30 heavy (non-hydrogen) atoms. The van der Waals surface area contributed by atoms with Crippen molar-refractivity contribution >= 4 is 35.0 Å². The highest BCUT2D eigenvalue weighted by molar-refractivity contribution is 7.99. The summed E-state index contributed by atoms with van der Waals surface area (Å²) in [4.78, 5) is 16.3. The van der Waals surface area contributed by atoms with E-state index >= 15 is 0 Å². The number of pyridine rings is 1. The molecule has 6 nitrogen and oxygen atoms in total. The number of halogens is 1. The minimum absolute atomic E-state index is 0.129. The van der Waals surface area contributed by atoms with E-state index in [1.165, 1.54) is 11.8 Å². The summed E-state index contributed by atoms with van der Waals surface area (Å²) in [6, 6.07) is 21.1. The molecule has 0 spiro atoms. The molecule has 0 radical (unpaired) electrons. The van der Waals surface area contributed by atoms with Gasteiger partial charge in [-0.1, -0.05) is 53.7 Å². The predicted molar refractivity (Wildman–Crippen MR) is 120 cm³/mol. The van der Waals surface area contributed by atoms with Crippen LogP contribution in [0.15, 0.2) is 84.3 Å². The van der Waals surface area contributed by atoms with Gasteiger partial charge in [0.2, 0.25) is 5.91 Å². The zero-order valence-electron chi connectivity index (χ0n) is 15.9. The minimum atomic E-state index is -0.129. The molecule has 1 N–H and O–H groups in total. The molecule has 8 heteroatoms. The van der Waals surface area contributed by atoms with Gasteiger partial charge in [-0.3, -0.25) is 14.3 Å². The third-order valence-electron chi connectivity index (χ3n) is 4.28. The zero-order chi connectivity index (χ0) is 20.8. The molecule has 0 bridgehead atoms. The Morgan fingerprint density at radius 3 is 2.53 bits per heavy atom. The number of rotatable bonds is 7. The van der Waals surface area contributed by atoms with E-state index in [2.05, 4.69) is 32.6 Å². The Hall–Kier alpha value is -3.16. The Labute approximate surface area is 183 Å². The molecule has 0 fully saturated rings.